The number of likely N-dealkylation sites (N-methyl/N-ethyl adjacent to an activating group) is 1. The van der Waals surface area contributed by atoms with Crippen LogP contribution in [-0.4, -0.2) is 85.1 Å². The molecular formula is C33H42ClN5O2. The van der Waals surface area contributed by atoms with Gasteiger partial charge in [0.25, 0.3) is 5.91 Å². The first-order valence-corrected chi connectivity index (χ1v) is 14.8. The highest BCUT2D eigenvalue weighted by atomic mass is 35.5. The van der Waals surface area contributed by atoms with Crippen molar-refractivity contribution in [3.8, 4) is 16.9 Å². The standard InChI is InChI=1S/C33H42ClN5O2/c1-6-26(27-11-9-10-12-31(27)41-5)28-20-25(22-36-23(28)4)24-19-29(32(35)30(34)21-24)33(40)39-17-15-38(16-18-39)14-13-37(7-2)8-3/h6,9-12,19-22H,7-8,13-18,35H2,1-5H3/b26-6-. The quantitative estimate of drug-likeness (QED) is 0.306. The monoisotopic (exact) mass is 575 g/mol. The first kappa shape index (κ1) is 30.6. The summed E-state index contributed by atoms with van der Waals surface area (Å²) in [4.78, 5) is 25.1. The number of pyridine rings is 1. The van der Waals surface area contributed by atoms with E-state index in [2.05, 4.69) is 35.8 Å². The molecule has 8 heteroatoms. The summed E-state index contributed by atoms with van der Waals surface area (Å²) < 4.78 is 5.63. The van der Waals surface area contributed by atoms with Crippen LogP contribution in [0.5, 0.6) is 5.75 Å². The van der Waals surface area contributed by atoms with Crippen LogP contribution in [0.2, 0.25) is 5.02 Å². The topological polar surface area (TPSA) is 74.9 Å². The fourth-order valence-electron chi connectivity index (χ4n) is 5.42. The first-order valence-electron chi connectivity index (χ1n) is 14.4. The van der Waals surface area contributed by atoms with Gasteiger partial charge in [0.05, 0.1) is 23.4 Å². The normalized spacial score (nSPS) is 14.5. The number of methoxy groups -OCH3 is 1. The molecule has 7 nitrogen and oxygen atoms in total. The van der Waals surface area contributed by atoms with Crippen molar-refractivity contribution < 1.29 is 9.53 Å². The van der Waals surface area contributed by atoms with Crippen LogP contribution in [-0.2, 0) is 0 Å². The van der Waals surface area contributed by atoms with Gasteiger partial charge < -0.3 is 20.3 Å². The van der Waals surface area contributed by atoms with Crippen LogP contribution in [0.3, 0.4) is 0 Å². The Labute approximate surface area is 249 Å². The summed E-state index contributed by atoms with van der Waals surface area (Å²) in [5, 5.41) is 0.363. The van der Waals surface area contributed by atoms with Gasteiger partial charge in [-0.3, -0.25) is 14.7 Å². The van der Waals surface area contributed by atoms with E-state index < -0.39 is 0 Å². The summed E-state index contributed by atoms with van der Waals surface area (Å²) in [5.74, 6) is 0.708. The lowest BCUT2D eigenvalue weighted by atomic mass is 9.93. The molecule has 1 aromatic heterocycles. The molecule has 218 valence electrons. The molecule has 1 fully saturated rings. The molecule has 3 aromatic rings. The Hall–Kier alpha value is -3.39. The van der Waals surface area contributed by atoms with Gasteiger partial charge in [-0.1, -0.05) is 49.7 Å². The van der Waals surface area contributed by atoms with Crippen molar-refractivity contribution in [2.75, 3.05) is 65.2 Å². The lowest BCUT2D eigenvalue weighted by Crippen LogP contribution is -2.50. The minimum atomic E-state index is -0.0851. The Morgan fingerprint density at radius 3 is 2.39 bits per heavy atom. The maximum Gasteiger partial charge on any atom is 0.256 e. The number of carbonyl (C=O) groups is 1. The number of nitrogen functional groups attached to an aromatic ring is 1. The molecule has 4 rings (SSSR count). The van der Waals surface area contributed by atoms with Gasteiger partial charge in [-0.15, -0.1) is 0 Å². The highest BCUT2D eigenvalue weighted by Crippen LogP contribution is 2.36. The fourth-order valence-corrected chi connectivity index (χ4v) is 5.64. The Balaban J connectivity index is 1.59. The Morgan fingerprint density at radius 2 is 1.73 bits per heavy atom. The third-order valence-corrected chi connectivity index (χ3v) is 8.36. The number of nitrogens with zero attached hydrogens (tertiary/aromatic N) is 4. The maximum atomic E-state index is 13.7. The molecule has 0 unspecified atom stereocenters. The number of piperazine rings is 1. The molecule has 2 heterocycles. The molecule has 1 amide bonds. The lowest BCUT2D eigenvalue weighted by molar-refractivity contribution is 0.0626. The van der Waals surface area contributed by atoms with Gasteiger partial charge in [-0.05, 0) is 62.3 Å². The van der Waals surface area contributed by atoms with E-state index >= 15 is 0 Å². The summed E-state index contributed by atoms with van der Waals surface area (Å²) in [5.41, 5.74) is 12.7. The zero-order valence-electron chi connectivity index (χ0n) is 24.9. The summed E-state index contributed by atoms with van der Waals surface area (Å²) in [6.07, 6.45) is 3.89. The van der Waals surface area contributed by atoms with Crippen molar-refractivity contribution in [1.29, 1.82) is 0 Å². The number of hydrogen-bond acceptors (Lipinski definition) is 6. The van der Waals surface area contributed by atoms with E-state index in [1.807, 2.05) is 61.3 Å². The number of aryl methyl sites for hydroxylation is 1. The second-order valence-electron chi connectivity index (χ2n) is 10.3. The van der Waals surface area contributed by atoms with Gasteiger partial charge in [0.2, 0.25) is 0 Å². The number of rotatable bonds is 10. The number of para-hydroxylation sites is 1. The molecule has 41 heavy (non-hydrogen) atoms. The summed E-state index contributed by atoms with van der Waals surface area (Å²) in [7, 11) is 1.68. The largest absolute Gasteiger partial charge is 0.496 e. The van der Waals surface area contributed by atoms with Crippen molar-refractivity contribution in [1.82, 2.24) is 19.7 Å². The predicted octanol–water partition coefficient (Wildman–Crippen LogP) is 5.85. The van der Waals surface area contributed by atoms with Crippen LogP contribution in [0.4, 0.5) is 5.69 Å². The Bertz CT molecular complexity index is 1390. The number of allylic oxidation sites excluding steroid dienone is 1. The van der Waals surface area contributed by atoms with E-state index in [1.165, 1.54) is 0 Å². The van der Waals surface area contributed by atoms with Crippen molar-refractivity contribution in [2.45, 2.75) is 27.7 Å². The number of hydrogen-bond donors (Lipinski definition) is 1. The van der Waals surface area contributed by atoms with E-state index in [0.717, 1.165) is 78.5 Å². The highest BCUT2D eigenvalue weighted by Gasteiger charge is 2.25. The number of carbonyl (C=O) groups excluding carboxylic acids is 1. The molecule has 0 bridgehead atoms. The Kier molecular flexibility index (Phi) is 10.4. The highest BCUT2D eigenvalue weighted by molar-refractivity contribution is 6.34. The second kappa shape index (κ2) is 14.0. The number of aromatic nitrogens is 1. The van der Waals surface area contributed by atoms with Crippen molar-refractivity contribution >= 4 is 28.8 Å². The molecule has 0 spiro atoms. The molecule has 1 aliphatic heterocycles. The molecule has 0 radical (unpaired) electrons. The molecule has 0 aliphatic carbocycles. The molecule has 2 aromatic carbocycles. The van der Waals surface area contributed by atoms with Crippen LogP contribution in [0, 0.1) is 6.92 Å². The van der Waals surface area contributed by atoms with E-state index in [-0.39, 0.29) is 5.91 Å². The van der Waals surface area contributed by atoms with Gasteiger partial charge >= 0.3 is 0 Å². The van der Waals surface area contributed by atoms with E-state index in [9.17, 15) is 4.79 Å². The minimum Gasteiger partial charge on any atom is -0.496 e. The van der Waals surface area contributed by atoms with Crippen molar-refractivity contribution in [3.63, 3.8) is 0 Å². The predicted molar refractivity (Wildman–Crippen MR) is 170 cm³/mol. The minimum absolute atomic E-state index is 0.0851. The number of amides is 1. The first-order chi connectivity index (χ1) is 19.8. The number of benzene rings is 2. The smallest absolute Gasteiger partial charge is 0.256 e. The average Bonchev–Trinajstić information content (AvgIpc) is 3.00. The van der Waals surface area contributed by atoms with Crippen molar-refractivity contribution in [3.05, 3.63) is 82.1 Å². The van der Waals surface area contributed by atoms with Crippen LogP contribution in [0.1, 0.15) is 48.0 Å². The van der Waals surface area contributed by atoms with Crippen LogP contribution in [0.25, 0.3) is 16.7 Å². The van der Waals surface area contributed by atoms with Crippen molar-refractivity contribution in [2.24, 2.45) is 0 Å². The summed E-state index contributed by atoms with van der Waals surface area (Å²) in [6.45, 7) is 15.6. The lowest BCUT2D eigenvalue weighted by Gasteiger charge is -2.36. The third kappa shape index (κ3) is 6.92. The average molecular weight is 576 g/mol. The number of nitrogens with two attached hydrogens (primary N) is 1. The van der Waals surface area contributed by atoms with Gasteiger partial charge in [0, 0.05) is 67.8 Å². The Morgan fingerprint density at radius 1 is 1.05 bits per heavy atom. The summed E-state index contributed by atoms with van der Waals surface area (Å²) >= 11 is 6.61. The number of anilines is 1. The third-order valence-electron chi connectivity index (χ3n) is 8.04. The maximum absolute atomic E-state index is 13.7. The molecule has 2 N–H and O–H groups in total. The van der Waals surface area contributed by atoms with Crippen LogP contribution in [0.15, 0.2) is 54.7 Å². The zero-order chi connectivity index (χ0) is 29.5. The molecule has 0 atom stereocenters. The van der Waals surface area contributed by atoms with Crippen LogP contribution < -0.4 is 10.5 Å². The van der Waals surface area contributed by atoms with E-state index in [4.69, 9.17) is 27.1 Å². The van der Waals surface area contributed by atoms with Gasteiger partial charge in [0.15, 0.2) is 0 Å². The second-order valence-corrected chi connectivity index (χ2v) is 10.7. The SMILES string of the molecule is C/C=C(/c1ccccc1OC)c1cc(-c2cc(Cl)c(N)c(C(=O)N3CCN(CCN(CC)CC)CC3)c2)cnc1C. The van der Waals surface area contributed by atoms with Gasteiger partial charge in [-0.2, -0.15) is 0 Å². The molecule has 1 saturated heterocycles. The molecular weight excluding hydrogens is 534 g/mol. The zero-order valence-corrected chi connectivity index (χ0v) is 25.7. The van der Waals surface area contributed by atoms with E-state index in [0.29, 0.717) is 29.4 Å². The number of ether oxygens (including phenoxy) is 1. The molecule has 0 saturated carbocycles. The molecule has 1 aliphatic rings. The summed E-state index contributed by atoms with van der Waals surface area (Å²) in [6, 6.07) is 13.7. The number of halogens is 1. The van der Waals surface area contributed by atoms with Gasteiger partial charge in [-0.25, -0.2) is 0 Å². The van der Waals surface area contributed by atoms with Gasteiger partial charge in [0.1, 0.15) is 5.75 Å². The van der Waals surface area contributed by atoms with E-state index in [1.54, 1.807) is 7.11 Å². The van der Waals surface area contributed by atoms with Crippen LogP contribution >= 0.6 is 11.6 Å². The fraction of sp³-hybridized carbons (Fsp3) is 0.394.